The van der Waals surface area contributed by atoms with Crippen molar-refractivity contribution in [3.63, 3.8) is 0 Å². The van der Waals surface area contributed by atoms with Crippen molar-refractivity contribution in [1.82, 2.24) is 4.98 Å². The summed E-state index contributed by atoms with van der Waals surface area (Å²) < 4.78 is 25.9. The molecule has 1 aliphatic carbocycles. The van der Waals surface area contributed by atoms with E-state index in [-0.39, 0.29) is 30.5 Å². The Kier molecular flexibility index (Phi) is 6.12. The second-order valence-electron chi connectivity index (χ2n) is 9.91. The van der Waals surface area contributed by atoms with Crippen LogP contribution in [-0.4, -0.2) is 17.6 Å². The van der Waals surface area contributed by atoms with Crippen LogP contribution < -0.4 is 10.5 Å². The SMILES string of the molecule is CCOC(=O)Cc1ccc(F)cc1OC1c2cc(-c3cccc4c(N)nccc34)ccc2CC1(C)C. The maximum absolute atomic E-state index is 14.3. The van der Waals surface area contributed by atoms with E-state index in [0.717, 1.165) is 33.9 Å². The Morgan fingerprint density at radius 3 is 2.75 bits per heavy atom. The number of nitrogens with two attached hydrogens (primary N) is 1. The summed E-state index contributed by atoms with van der Waals surface area (Å²) in [5.74, 6) is 0.0814. The first-order valence-electron chi connectivity index (χ1n) is 12.1. The maximum atomic E-state index is 14.3. The van der Waals surface area contributed by atoms with Gasteiger partial charge < -0.3 is 15.2 Å². The number of anilines is 1. The second-order valence-corrected chi connectivity index (χ2v) is 9.91. The summed E-state index contributed by atoms with van der Waals surface area (Å²) in [4.78, 5) is 16.4. The molecule has 1 aliphatic rings. The van der Waals surface area contributed by atoms with Crippen molar-refractivity contribution in [2.45, 2.75) is 39.7 Å². The van der Waals surface area contributed by atoms with Crippen LogP contribution in [-0.2, 0) is 22.4 Å². The van der Waals surface area contributed by atoms with E-state index in [4.69, 9.17) is 15.2 Å². The Balaban J connectivity index is 1.55. The molecular formula is C30H29FN2O3. The third kappa shape index (κ3) is 4.39. The van der Waals surface area contributed by atoms with Crippen molar-refractivity contribution in [3.05, 3.63) is 89.4 Å². The van der Waals surface area contributed by atoms with Crippen LogP contribution in [0.3, 0.4) is 0 Å². The Bertz CT molecular complexity index is 1460. The summed E-state index contributed by atoms with van der Waals surface area (Å²) in [7, 11) is 0. The van der Waals surface area contributed by atoms with Crippen LogP contribution in [0.25, 0.3) is 21.9 Å². The molecule has 0 aliphatic heterocycles. The van der Waals surface area contributed by atoms with Crippen LogP contribution in [0.5, 0.6) is 5.75 Å². The number of carbonyl (C=O) groups excluding carboxylic acids is 1. The summed E-state index contributed by atoms with van der Waals surface area (Å²) in [6, 6.07) is 18.7. The van der Waals surface area contributed by atoms with E-state index < -0.39 is 5.82 Å². The smallest absolute Gasteiger partial charge is 0.310 e. The molecule has 0 saturated carbocycles. The van der Waals surface area contributed by atoms with Crippen LogP contribution in [0.1, 0.15) is 43.6 Å². The first kappa shape index (κ1) is 23.8. The van der Waals surface area contributed by atoms with Gasteiger partial charge in [0, 0.05) is 28.6 Å². The normalized spacial score (nSPS) is 16.1. The zero-order valence-electron chi connectivity index (χ0n) is 20.7. The quantitative estimate of drug-likeness (QED) is 0.319. The lowest BCUT2D eigenvalue weighted by Crippen LogP contribution is -2.23. The van der Waals surface area contributed by atoms with Crippen LogP contribution in [0.4, 0.5) is 10.2 Å². The predicted molar refractivity (Wildman–Crippen MR) is 139 cm³/mol. The lowest BCUT2D eigenvalue weighted by Gasteiger charge is -2.29. The molecule has 0 amide bonds. The number of nitrogens with zero attached hydrogens (tertiary/aromatic N) is 1. The van der Waals surface area contributed by atoms with Gasteiger partial charge in [0.25, 0.3) is 0 Å². The first-order valence-corrected chi connectivity index (χ1v) is 12.1. The molecule has 0 spiro atoms. The number of hydrogen-bond acceptors (Lipinski definition) is 5. The molecule has 2 N–H and O–H groups in total. The fraction of sp³-hybridized carbons (Fsp3) is 0.267. The molecule has 36 heavy (non-hydrogen) atoms. The number of esters is 1. The van der Waals surface area contributed by atoms with E-state index in [9.17, 15) is 9.18 Å². The third-order valence-corrected chi connectivity index (χ3v) is 6.85. The molecule has 1 atom stereocenters. The van der Waals surface area contributed by atoms with Crippen LogP contribution in [0, 0.1) is 11.2 Å². The number of benzene rings is 3. The van der Waals surface area contributed by atoms with E-state index in [1.54, 1.807) is 19.2 Å². The van der Waals surface area contributed by atoms with E-state index in [1.165, 1.54) is 17.7 Å². The number of ether oxygens (including phenoxy) is 2. The topological polar surface area (TPSA) is 74.4 Å². The number of nitrogen functional groups attached to an aromatic ring is 1. The average Bonchev–Trinajstić information content (AvgIpc) is 3.09. The number of hydrogen-bond donors (Lipinski definition) is 1. The van der Waals surface area contributed by atoms with Crippen LogP contribution >= 0.6 is 0 Å². The van der Waals surface area contributed by atoms with Gasteiger partial charge in [0.1, 0.15) is 23.5 Å². The Labute approximate surface area is 210 Å². The Morgan fingerprint density at radius 1 is 1.11 bits per heavy atom. The van der Waals surface area contributed by atoms with E-state index >= 15 is 0 Å². The number of carbonyl (C=O) groups is 1. The molecule has 3 aromatic carbocycles. The van der Waals surface area contributed by atoms with Crippen molar-refractivity contribution in [2.24, 2.45) is 5.41 Å². The molecule has 1 heterocycles. The Hall–Kier alpha value is -3.93. The number of fused-ring (bicyclic) bond motifs is 2. The van der Waals surface area contributed by atoms with Gasteiger partial charge in [-0.05, 0) is 59.2 Å². The molecule has 4 aromatic rings. The largest absolute Gasteiger partial charge is 0.485 e. The van der Waals surface area contributed by atoms with Gasteiger partial charge in [-0.3, -0.25) is 4.79 Å². The lowest BCUT2D eigenvalue weighted by molar-refractivity contribution is -0.142. The van der Waals surface area contributed by atoms with Gasteiger partial charge in [0.05, 0.1) is 13.0 Å². The molecule has 5 nitrogen and oxygen atoms in total. The second kappa shape index (κ2) is 9.26. The minimum absolute atomic E-state index is 0.0228. The maximum Gasteiger partial charge on any atom is 0.310 e. The fourth-order valence-corrected chi connectivity index (χ4v) is 5.16. The predicted octanol–water partition coefficient (Wildman–Crippen LogP) is 6.43. The third-order valence-electron chi connectivity index (χ3n) is 6.85. The monoisotopic (exact) mass is 484 g/mol. The summed E-state index contributed by atoms with van der Waals surface area (Å²) in [6.07, 6.45) is 2.24. The van der Waals surface area contributed by atoms with Crippen molar-refractivity contribution >= 4 is 22.6 Å². The molecule has 1 aromatic heterocycles. The van der Waals surface area contributed by atoms with E-state index in [2.05, 4.69) is 43.1 Å². The van der Waals surface area contributed by atoms with Gasteiger partial charge in [-0.2, -0.15) is 0 Å². The van der Waals surface area contributed by atoms with E-state index in [0.29, 0.717) is 17.1 Å². The summed E-state index contributed by atoms with van der Waals surface area (Å²) in [5.41, 5.74) is 10.8. The lowest BCUT2D eigenvalue weighted by atomic mass is 9.87. The zero-order chi connectivity index (χ0) is 25.4. The summed E-state index contributed by atoms with van der Waals surface area (Å²) in [6.45, 7) is 6.34. The highest BCUT2D eigenvalue weighted by molar-refractivity contribution is 6.01. The van der Waals surface area contributed by atoms with Crippen molar-refractivity contribution in [3.8, 4) is 16.9 Å². The van der Waals surface area contributed by atoms with Gasteiger partial charge in [0.2, 0.25) is 0 Å². The average molecular weight is 485 g/mol. The molecule has 184 valence electrons. The van der Waals surface area contributed by atoms with Crippen LogP contribution in [0.2, 0.25) is 0 Å². The minimum atomic E-state index is -0.413. The highest BCUT2D eigenvalue weighted by Crippen LogP contribution is 2.49. The number of pyridine rings is 1. The van der Waals surface area contributed by atoms with Crippen LogP contribution in [0.15, 0.2) is 66.9 Å². The van der Waals surface area contributed by atoms with Gasteiger partial charge in [0.15, 0.2) is 0 Å². The molecule has 6 heteroatoms. The van der Waals surface area contributed by atoms with Crippen molar-refractivity contribution in [2.75, 3.05) is 12.3 Å². The molecule has 1 unspecified atom stereocenters. The summed E-state index contributed by atoms with van der Waals surface area (Å²) >= 11 is 0. The van der Waals surface area contributed by atoms with Gasteiger partial charge in [-0.25, -0.2) is 9.37 Å². The van der Waals surface area contributed by atoms with Gasteiger partial charge in [-0.15, -0.1) is 0 Å². The number of halogens is 1. The summed E-state index contributed by atoms with van der Waals surface area (Å²) in [5, 5.41) is 1.94. The van der Waals surface area contributed by atoms with E-state index in [1.807, 2.05) is 18.2 Å². The molecule has 0 fully saturated rings. The molecule has 5 rings (SSSR count). The highest BCUT2D eigenvalue weighted by atomic mass is 19.1. The van der Waals surface area contributed by atoms with Crippen molar-refractivity contribution in [1.29, 1.82) is 0 Å². The molecule has 0 saturated heterocycles. The zero-order valence-corrected chi connectivity index (χ0v) is 20.7. The fourth-order valence-electron chi connectivity index (χ4n) is 5.16. The highest BCUT2D eigenvalue weighted by Gasteiger charge is 2.41. The van der Waals surface area contributed by atoms with Crippen molar-refractivity contribution < 1.29 is 18.7 Å². The number of aromatic nitrogens is 1. The van der Waals surface area contributed by atoms with Gasteiger partial charge in [-0.1, -0.05) is 50.2 Å². The number of rotatable bonds is 6. The first-order chi connectivity index (χ1) is 17.3. The minimum Gasteiger partial charge on any atom is -0.485 e. The van der Waals surface area contributed by atoms with Gasteiger partial charge >= 0.3 is 5.97 Å². The standard InChI is InChI=1S/C30H29FN2O3/c1-4-35-27(34)15-19-10-11-21(31)16-26(19)36-28-25-14-18(8-9-20(25)17-30(28,2)3)22-6-5-7-24-23(22)12-13-33-29(24)32/h5-14,16,28H,4,15,17H2,1-3H3,(H2,32,33). The molecule has 0 bridgehead atoms. The molecule has 0 radical (unpaired) electrons. The Morgan fingerprint density at radius 2 is 1.94 bits per heavy atom. The molecular weight excluding hydrogens is 455 g/mol.